The minimum atomic E-state index is 0.217. The monoisotopic (exact) mass is 504 g/mol. The van der Waals surface area contributed by atoms with Gasteiger partial charge in [-0.2, -0.15) is 0 Å². The van der Waals surface area contributed by atoms with Crippen LogP contribution in [0.2, 0.25) is 0 Å². The molecule has 4 rings (SSSR count). The van der Waals surface area contributed by atoms with Crippen molar-refractivity contribution in [2.24, 2.45) is 22.7 Å². The highest BCUT2D eigenvalue weighted by atomic mass is 16.3. The van der Waals surface area contributed by atoms with Gasteiger partial charge in [0.25, 0.3) is 0 Å². The molecule has 4 unspecified atom stereocenters. The molecule has 2 fully saturated rings. The second kappa shape index (κ2) is 10.7. The molecule has 204 valence electrons. The van der Waals surface area contributed by atoms with Crippen molar-refractivity contribution in [3.63, 3.8) is 0 Å². The molecule has 2 nitrogen and oxygen atoms in total. The number of aryl methyl sites for hydroxylation is 2. The van der Waals surface area contributed by atoms with Gasteiger partial charge in [-0.1, -0.05) is 103 Å². The third-order valence-electron chi connectivity index (χ3n) is 9.66. The summed E-state index contributed by atoms with van der Waals surface area (Å²) in [5.74, 6) is 2.84. The molecule has 0 aromatic heterocycles. The zero-order valence-corrected chi connectivity index (χ0v) is 24.9. The Morgan fingerprint density at radius 1 is 0.595 bits per heavy atom. The molecular formula is C35H52O2. The topological polar surface area (TPSA) is 40.5 Å². The second-order valence-electron chi connectivity index (χ2n) is 14.6. The van der Waals surface area contributed by atoms with E-state index >= 15 is 0 Å². The smallest absolute Gasteiger partial charge is 0.122 e. The Hall–Kier alpha value is -1.96. The van der Waals surface area contributed by atoms with Crippen molar-refractivity contribution in [2.75, 3.05) is 0 Å². The first-order chi connectivity index (χ1) is 17.3. The molecule has 0 amide bonds. The highest BCUT2D eigenvalue weighted by molar-refractivity contribution is 5.52. The lowest BCUT2D eigenvalue weighted by atomic mass is 9.64. The maximum atomic E-state index is 11.7. The van der Waals surface area contributed by atoms with Gasteiger partial charge in [0, 0.05) is 6.42 Å². The predicted octanol–water partition coefficient (Wildman–Crippen LogP) is 9.95. The quantitative estimate of drug-likeness (QED) is 0.435. The van der Waals surface area contributed by atoms with Gasteiger partial charge >= 0.3 is 0 Å². The van der Waals surface area contributed by atoms with E-state index in [1.54, 1.807) is 0 Å². The van der Waals surface area contributed by atoms with E-state index in [1.165, 1.54) is 49.7 Å². The summed E-state index contributed by atoms with van der Waals surface area (Å²) in [7, 11) is 0. The fraction of sp³-hybridized carbons (Fsp3) is 0.657. The fourth-order valence-corrected chi connectivity index (χ4v) is 7.89. The molecule has 0 heterocycles. The molecule has 2 aromatic rings. The van der Waals surface area contributed by atoms with Crippen molar-refractivity contribution in [2.45, 2.75) is 125 Å². The zero-order valence-electron chi connectivity index (χ0n) is 24.9. The third-order valence-corrected chi connectivity index (χ3v) is 9.66. The lowest BCUT2D eigenvalue weighted by molar-refractivity contribution is 0.149. The number of benzene rings is 2. The largest absolute Gasteiger partial charge is 0.507 e. The minimum Gasteiger partial charge on any atom is -0.507 e. The van der Waals surface area contributed by atoms with Crippen LogP contribution in [-0.2, 0) is 6.42 Å². The minimum absolute atomic E-state index is 0.217. The van der Waals surface area contributed by atoms with E-state index in [0.29, 0.717) is 41.6 Å². The van der Waals surface area contributed by atoms with Crippen LogP contribution in [0.5, 0.6) is 11.5 Å². The third kappa shape index (κ3) is 6.04. The SMILES string of the molecule is Cc1cc(Cc2cc(C)cc(C3CCCCC3C(C)(C)C)c2O)c(O)c(C2CCCCC2C(C)(C)C)c1. The van der Waals surface area contributed by atoms with E-state index in [-0.39, 0.29) is 10.8 Å². The molecule has 37 heavy (non-hydrogen) atoms. The summed E-state index contributed by atoms with van der Waals surface area (Å²) in [6.07, 6.45) is 10.4. The molecule has 2 heteroatoms. The van der Waals surface area contributed by atoms with Gasteiger partial charge in [-0.15, -0.1) is 0 Å². The van der Waals surface area contributed by atoms with E-state index in [9.17, 15) is 10.2 Å². The van der Waals surface area contributed by atoms with Gasteiger partial charge in [-0.25, -0.2) is 0 Å². The van der Waals surface area contributed by atoms with Crippen LogP contribution in [0.25, 0.3) is 0 Å². The second-order valence-corrected chi connectivity index (χ2v) is 14.6. The van der Waals surface area contributed by atoms with Crippen LogP contribution in [0.4, 0.5) is 0 Å². The van der Waals surface area contributed by atoms with Crippen molar-refractivity contribution in [1.29, 1.82) is 0 Å². The Bertz CT molecular complexity index is 1010. The molecular weight excluding hydrogens is 452 g/mol. The average molecular weight is 505 g/mol. The summed E-state index contributed by atoms with van der Waals surface area (Å²) >= 11 is 0. The summed E-state index contributed by atoms with van der Waals surface area (Å²) < 4.78 is 0. The van der Waals surface area contributed by atoms with E-state index in [0.717, 1.165) is 35.1 Å². The Balaban J connectivity index is 1.72. The molecule has 0 spiro atoms. The molecule has 0 aliphatic heterocycles. The van der Waals surface area contributed by atoms with Gasteiger partial charge in [-0.3, -0.25) is 0 Å². The highest BCUT2D eigenvalue weighted by Crippen LogP contribution is 2.51. The van der Waals surface area contributed by atoms with Crippen LogP contribution in [-0.4, -0.2) is 10.2 Å². The summed E-state index contributed by atoms with van der Waals surface area (Å²) in [4.78, 5) is 0. The van der Waals surface area contributed by atoms with Gasteiger partial charge < -0.3 is 10.2 Å². The summed E-state index contributed by atoms with van der Waals surface area (Å²) in [6.45, 7) is 18.4. The lowest BCUT2D eigenvalue weighted by Gasteiger charge is -2.41. The molecule has 0 radical (unpaired) electrons. The number of phenols is 2. The summed E-state index contributed by atoms with van der Waals surface area (Å²) in [5, 5.41) is 23.3. The zero-order chi connectivity index (χ0) is 27.1. The van der Waals surface area contributed by atoms with Gasteiger partial charge in [-0.05, 0) is 96.3 Å². The van der Waals surface area contributed by atoms with Crippen molar-refractivity contribution < 1.29 is 10.2 Å². The van der Waals surface area contributed by atoms with Gasteiger partial charge in [0.2, 0.25) is 0 Å². The maximum absolute atomic E-state index is 11.7. The van der Waals surface area contributed by atoms with Crippen LogP contribution in [0.15, 0.2) is 24.3 Å². The number of rotatable bonds is 4. The Labute approximate surface area is 226 Å². The maximum Gasteiger partial charge on any atom is 0.122 e. The van der Waals surface area contributed by atoms with Gasteiger partial charge in [0.05, 0.1) is 0 Å². The van der Waals surface area contributed by atoms with E-state index in [4.69, 9.17) is 0 Å². The Kier molecular flexibility index (Phi) is 8.08. The first kappa shape index (κ1) is 28.1. The van der Waals surface area contributed by atoms with Crippen LogP contribution >= 0.6 is 0 Å². The Morgan fingerprint density at radius 2 is 0.946 bits per heavy atom. The van der Waals surface area contributed by atoms with Crippen molar-refractivity contribution in [1.82, 2.24) is 0 Å². The van der Waals surface area contributed by atoms with Crippen molar-refractivity contribution >= 4 is 0 Å². The molecule has 0 bridgehead atoms. The molecule has 2 aliphatic carbocycles. The normalized spacial score (nSPS) is 25.3. The first-order valence-electron chi connectivity index (χ1n) is 14.9. The molecule has 2 N–H and O–H groups in total. The van der Waals surface area contributed by atoms with Crippen molar-refractivity contribution in [3.8, 4) is 11.5 Å². The predicted molar refractivity (Wildman–Crippen MR) is 157 cm³/mol. The van der Waals surface area contributed by atoms with Crippen molar-refractivity contribution in [3.05, 3.63) is 57.6 Å². The van der Waals surface area contributed by atoms with Gasteiger partial charge in [0.1, 0.15) is 11.5 Å². The summed E-state index contributed by atoms with van der Waals surface area (Å²) in [6, 6.07) is 8.72. The van der Waals surface area contributed by atoms with Crippen LogP contribution in [0, 0.1) is 36.5 Å². The number of hydrogen-bond donors (Lipinski definition) is 2. The molecule has 0 saturated heterocycles. The fourth-order valence-electron chi connectivity index (χ4n) is 7.89. The van der Waals surface area contributed by atoms with Crippen LogP contribution in [0.3, 0.4) is 0 Å². The first-order valence-corrected chi connectivity index (χ1v) is 14.9. The van der Waals surface area contributed by atoms with Crippen LogP contribution in [0.1, 0.15) is 138 Å². The standard InChI is InChI=1S/C35H52O2/c1-22-17-24(32(36)28(19-22)26-13-9-11-15-30(26)34(3,4)5)21-25-18-23(2)20-29(33(25)37)27-14-10-12-16-31(27)35(6,7)8/h17-20,26-27,30-31,36-37H,9-16,21H2,1-8H3. The van der Waals surface area contributed by atoms with Crippen LogP contribution < -0.4 is 0 Å². The molecule has 4 atom stereocenters. The lowest BCUT2D eigenvalue weighted by Crippen LogP contribution is -2.30. The molecule has 2 saturated carbocycles. The van der Waals surface area contributed by atoms with Gasteiger partial charge in [0.15, 0.2) is 0 Å². The van der Waals surface area contributed by atoms with E-state index in [2.05, 4.69) is 79.7 Å². The molecule has 2 aliphatic rings. The van der Waals surface area contributed by atoms with E-state index < -0.39 is 0 Å². The average Bonchev–Trinajstić information content (AvgIpc) is 2.82. The highest BCUT2D eigenvalue weighted by Gasteiger charge is 2.38. The number of hydrogen-bond acceptors (Lipinski definition) is 2. The number of aromatic hydroxyl groups is 2. The Morgan fingerprint density at radius 3 is 1.30 bits per heavy atom. The number of phenolic OH excluding ortho intramolecular Hbond substituents is 2. The summed E-state index contributed by atoms with van der Waals surface area (Å²) in [5.41, 5.74) is 7.00. The molecule has 2 aromatic carbocycles. The van der Waals surface area contributed by atoms with E-state index in [1.807, 2.05) is 0 Å².